The van der Waals surface area contributed by atoms with Crippen molar-refractivity contribution in [3.63, 3.8) is 0 Å². The van der Waals surface area contributed by atoms with Crippen molar-refractivity contribution in [1.29, 1.82) is 5.26 Å². The van der Waals surface area contributed by atoms with E-state index in [4.69, 9.17) is 5.26 Å². The smallest absolute Gasteiger partial charge is 0.108 e. The zero-order chi connectivity index (χ0) is 11.7. The SMILES string of the molecule is CCCCCN(CC(C#N)NC)C(C)C. The molecule has 0 aliphatic heterocycles. The van der Waals surface area contributed by atoms with Crippen LogP contribution in [0.4, 0.5) is 0 Å². The number of nitrogens with zero attached hydrogens (tertiary/aromatic N) is 2. The summed E-state index contributed by atoms with van der Waals surface area (Å²) >= 11 is 0. The molecule has 0 aliphatic carbocycles. The van der Waals surface area contributed by atoms with Crippen LogP contribution in [0.5, 0.6) is 0 Å². The lowest BCUT2D eigenvalue weighted by Gasteiger charge is -2.28. The maximum atomic E-state index is 8.89. The number of hydrogen-bond acceptors (Lipinski definition) is 3. The summed E-state index contributed by atoms with van der Waals surface area (Å²) < 4.78 is 0. The first-order valence-electron chi connectivity index (χ1n) is 5.96. The number of unbranched alkanes of at least 4 members (excludes halogenated alkanes) is 2. The molecule has 0 fully saturated rings. The predicted molar refractivity (Wildman–Crippen MR) is 64.7 cm³/mol. The van der Waals surface area contributed by atoms with Gasteiger partial charge in [-0.25, -0.2) is 0 Å². The van der Waals surface area contributed by atoms with Gasteiger partial charge in [0.2, 0.25) is 0 Å². The molecule has 0 aromatic rings. The molecule has 0 saturated heterocycles. The molecule has 0 bridgehead atoms. The zero-order valence-electron chi connectivity index (χ0n) is 10.6. The van der Waals surface area contributed by atoms with E-state index in [0.29, 0.717) is 6.04 Å². The van der Waals surface area contributed by atoms with Crippen LogP contribution in [0.25, 0.3) is 0 Å². The Balaban J connectivity index is 3.98. The molecule has 3 nitrogen and oxygen atoms in total. The molecule has 0 rings (SSSR count). The quantitative estimate of drug-likeness (QED) is 0.624. The van der Waals surface area contributed by atoms with Crippen molar-refractivity contribution in [3.8, 4) is 6.07 Å². The van der Waals surface area contributed by atoms with Crippen LogP contribution in [0.1, 0.15) is 40.0 Å². The molecule has 0 aromatic carbocycles. The average Bonchev–Trinajstić information content (AvgIpc) is 2.23. The molecule has 0 radical (unpaired) electrons. The van der Waals surface area contributed by atoms with E-state index in [9.17, 15) is 0 Å². The van der Waals surface area contributed by atoms with E-state index in [0.717, 1.165) is 13.1 Å². The molecular weight excluding hydrogens is 186 g/mol. The Morgan fingerprint density at radius 3 is 2.40 bits per heavy atom. The maximum absolute atomic E-state index is 8.89. The predicted octanol–water partition coefficient (Wildman–Crippen LogP) is 2.00. The number of likely N-dealkylation sites (N-methyl/N-ethyl adjacent to an activating group) is 1. The molecule has 1 unspecified atom stereocenters. The van der Waals surface area contributed by atoms with Crippen LogP contribution in [0.3, 0.4) is 0 Å². The number of hydrogen-bond donors (Lipinski definition) is 1. The van der Waals surface area contributed by atoms with E-state index in [1.165, 1.54) is 19.3 Å². The molecule has 3 heteroatoms. The van der Waals surface area contributed by atoms with Gasteiger partial charge in [0.05, 0.1) is 6.07 Å². The van der Waals surface area contributed by atoms with Crippen molar-refractivity contribution >= 4 is 0 Å². The Labute approximate surface area is 94.5 Å². The van der Waals surface area contributed by atoms with E-state index in [1.807, 2.05) is 7.05 Å². The fourth-order valence-corrected chi connectivity index (χ4v) is 1.56. The van der Waals surface area contributed by atoms with Gasteiger partial charge in [0, 0.05) is 12.6 Å². The molecule has 1 atom stereocenters. The number of nitriles is 1. The van der Waals surface area contributed by atoms with E-state index in [-0.39, 0.29) is 6.04 Å². The van der Waals surface area contributed by atoms with Crippen molar-refractivity contribution < 1.29 is 0 Å². The molecule has 88 valence electrons. The van der Waals surface area contributed by atoms with Crippen molar-refractivity contribution in [2.24, 2.45) is 0 Å². The molecule has 0 saturated carbocycles. The van der Waals surface area contributed by atoms with Gasteiger partial charge in [0.1, 0.15) is 6.04 Å². The summed E-state index contributed by atoms with van der Waals surface area (Å²) in [5, 5.41) is 11.9. The van der Waals surface area contributed by atoms with Crippen LogP contribution in [0.2, 0.25) is 0 Å². The Kier molecular flexibility index (Phi) is 8.35. The van der Waals surface area contributed by atoms with Gasteiger partial charge in [0.15, 0.2) is 0 Å². The van der Waals surface area contributed by atoms with Crippen molar-refractivity contribution in [1.82, 2.24) is 10.2 Å². The van der Waals surface area contributed by atoms with Crippen LogP contribution in [0, 0.1) is 11.3 Å². The first-order valence-corrected chi connectivity index (χ1v) is 5.96. The normalized spacial score (nSPS) is 13.1. The fraction of sp³-hybridized carbons (Fsp3) is 0.917. The van der Waals surface area contributed by atoms with Gasteiger partial charge >= 0.3 is 0 Å². The second kappa shape index (κ2) is 8.70. The summed E-state index contributed by atoms with van der Waals surface area (Å²) in [6, 6.07) is 2.75. The lowest BCUT2D eigenvalue weighted by Crippen LogP contribution is -2.42. The second-order valence-electron chi connectivity index (χ2n) is 4.27. The minimum atomic E-state index is -0.0472. The second-order valence-corrected chi connectivity index (χ2v) is 4.27. The molecular formula is C12H25N3. The highest BCUT2D eigenvalue weighted by atomic mass is 15.2. The molecule has 1 N–H and O–H groups in total. The molecule has 0 amide bonds. The third kappa shape index (κ3) is 6.48. The van der Waals surface area contributed by atoms with Crippen LogP contribution >= 0.6 is 0 Å². The van der Waals surface area contributed by atoms with Gasteiger partial charge in [-0.2, -0.15) is 5.26 Å². The highest BCUT2D eigenvalue weighted by Crippen LogP contribution is 2.04. The fourth-order valence-electron chi connectivity index (χ4n) is 1.56. The monoisotopic (exact) mass is 211 g/mol. The summed E-state index contributed by atoms with van der Waals surface area (Å²) in [4.78, 5) is 2.38. The van der Waals surface area contributed by atoms with Gasteiger partial charge in [-0.3, -0.25) is 4.90 Å². The summed E-state index contributed by atoms with van der Waals surface area (Å²) in [6.45, 7) is 8.53. The maximum Gasteiger partial charge on any atom is 0.108 e. The highest BCUT2D eigenvalue weighted by molar-refractivity contribution is 4.91. The lowest BCUT2D eigenvalue weighted by molar-refractivity contribution is 0.207. The van der Waals surface area contributed by atoms with Gasteiger partial charge in [-0.1, -0.05) is 19.8 Å². The number of rotatable bonds is 8. The largest absolute Gasteiger partial charge is 0.304 e. The molecule has 0 spiro atoms. The third-order valence-electron chi connectivity index (χ3n) is 2.70. The Bertz CT molecular complexity index is 184. The van der Waals surface area contributed by atoms with Gasteiger partial charge in [0.25, 0.3) is 0 Å². The van der Waals surface area contributed by atoms with E-state index < -0.39 is 0 Å². The van der Waals surface area contributed by atoms with Gasteiger partial charge in [-0.15, -0.1) is 0 Å². The summed E-state index contributed by atoms with van der Waals surface area (Å²) in [5.74, 6) is 0. The van der Waals surface area contributed by atoms with Gasteiger partial charge in [-0.05, 0) is 33.9 Å². The van der Waals surface area contributed by atoms with Crippen molar-refractivity contribution in [3.05, 3.63) is 0 Å². The summed E-state index contributed by atoms with van der Waals surface area (Å²) in [7, 11) is 1.85. The minimum Gasteiger partial charge on any atom is -0.304 e. The van der Waals surface area contributed by atoms with Crippen LogP contribution in [-0.4, -0.2) is 37.1 Å². The number of nitrogens with one attached hydrogen (secondary N) is 1. The Morgan fingerprint density at radius 1 is 1.33 bits per heavy atom. The Hall–Kier alpha value is -0.590. The summed E-state index contributed by atoms with van der Waals surface area (Å²) in [5.41, 5.74) is 0. The summed E-state index contributed by atoms with van der Waals surface area (Å²) in [6.07, 6.45) is 3.76. The molecule has 15 heavy (non-hydrogen) atoms. The first-order chi connectivity index (χ1) is 7.15. The Morgan fingerprint density at radius 2 is 2.00 bits per heavy atom. The molecule has 0 aliphatic rings. The van der Waals surface area contributed by atoms with Gasteiger partial charge < -0.3 is 5.32 Å². The minimum absolute atomic E-state index is 0.0472. The first kappa shape index (κ1) is 14.4. The van der Waals surface area contributed by atoms with Crippen molar-refractivity contribution in [2.75, 3.05) is 20.1 Å². The van der Waals surface area contributed by atoms with E-state index in [2.05, 4.69) is 37.1 Å². The average molecular weight is 211 g/mol. The van der Waals surface area contributed by atoms with Crippen LogP contribution < -0.4 is 5.32 Å². The van der Waals surface area contributed by atoms with Crippen molar-refractivity contribution in [2.45, 2.75) is 52.1 Å². The van der Waals surface area contributed by atoms with Crippen LogP contribution in [-0.2, 0) is 0 Å². The van der Waals surface area contributed by atoms with Crippen LogP contribution in [0.15, 0.2) is 0 Å². The standard InChI is InChI=1S/C12H25N3/c1-5-6-7-8-15(11(2)3)10-12(9-13)14-4/h11-12,14H,5-8,10H2,1-4H3. The van der Waals surface area contributed by atoms with E-state index in [1.54, 1.807) is 0 Å². The van der Waals surface area contributed by atoms with E-state index >= 15 is 0 Å². The zero-order valence-corrected chi connectivity index (χ0v) is 10.6. The highest BCUT2D eigenvalue weighted by Gasteiger charge is 2.14. The lowest BCUT2D eigenvalue weighted by atomic mass is 10.2. The molecule has 0 heterocycles. The third-order valence-corrected chi connectivity index (χ3v) is 2.70. The topological polar surface area (TPSA) is 39.1 Å². The molecule has 0 aromatic heterocycles.